The number of amides is 1. The third-order valence-electron chi connectivity index (χ3n) is 2.50. The monoisotopic (exact) mass is 267 g/mol. The van der Waals surface area contributed by atoms with Crippen LogP contribution in [0.25, 0.3) is 0 Å². The zero-order chi connectivity index (χ0) is 14.3. The van der Waals surface area contributed by atoms with Crippen molar-refractivity contribution in [1.82, 2.24) is 9.97 Å². The summed E-state index contributed by atoms with van der Waals surface area (Å²) in [6.45, 7) is 5.55. The molecule has 7 nitrogen and oxygen atoms in total. The van der Waals surface area contributed by atoms with Gasteiger partial charge in [0.15, 0.2) is 5.82 Å². The molecule has 0 aliphatic heterocycles. The molecule has 1 amide bonds. The summed E-state index contributed by atoms with van der Waals surface area (Å²) in [5.74, 6) is 1.53. The molecule has 0 aromatic carbocycles. The fourth-order valence-corrected chi connectivity index (χ4v) is 1.57. The fourth-order valence-electron chi connectivity index (χ4n) is 1.57. The average Bonchev–Trinajstić information content (AvgIpc) is 2.41. The number of ether oxygens (including phenoxy) is 1. The topological polar surface area (TPSA) is 93.4 Å². The lowest BCUT2D eigenvalue weighted by molar-refractivity contribution is -0.116. The van der Waals surface area contributed by atoms with Gasteiger partial charge in [-0.1, -0.05) is 0 Å². The molecule has 1 aromatic heterocycles. The van der Waals surface area contributed by atoms with Crippen LogP contribution in [0.1, 0.15) is 19.7 Å². The quantitative estimate of drug-likeness (QED) is 0.706. The molecule has 19 heavy (non-hydrogen) atoms. The van der Waals surface area contributed by atoms with Gasteiger partial charge in [0.1, 0.15) is 18.2 Å². The summed E-state index contributed by atoms with van der Waals surface area (Å²) in [7, 11) is 1.78. The van der Waals surface area contributed by atoms with Crippen molar-refractivity contribution in [3.05, 3.63) is 11.9 Å². The number of hydrogen-bond acceptors (Lipinski definition) is 6. The van der Waals surface area contributed by atoms with Crippen LogP contribution < -0.4 is 16.0 Å². The van der Waals surface area contributed by atoms with E-state index < -0.39 is 5.91 Å². The van der Waals surface area contributed by atoms with Gasteiger partial charge in [-0.25, -0.2) is 9.97 Å². The van der Waals surface area contributed by atoms with Gasteiger partial charge in [0.2, 0.25) is 5.91 Å². The van der Waals surface area contributed by atoms with E-state index in [1.54, 1.807) is 18.0 Å². The number of aromatic nitrogens is 2. The summed E-state index contributed by atoms with van der Waals surface area (Å²) in [4.78, 5) is 21.5. The molecule has 0 atom stereocenters. The van der Waals surface area contributed by atoms with Gasteiger partial charge in [0.25, 0.3) is 0 Å². The molecule has 7 heteroatoms. The van der Waals surface area contributed by atoms with Gasteiger partial charge >= 0.3 is 0 Å². The number of nitrogens with zero attached hydrogens (tertiary/aromatic N) is 3. The predicted octanol–water partition coefficient (Wildman–Crippen LogP) is 0.366. The second-order valence-electron chi connectivity index (χ2n) is 3.90. The van der Waals surface area contributed by atoms with Gasteiger partial charge in [-0.05, 0) is 13.8 Å². The Morgan fingerprint density at radius 2 is 2.21 bits per heavy atom. The van der Waals surface area contributed by atoms with Crippen LogP contribution in [-0.4, -0.2) is 42.6 Å². The van der Waals surface area contributed by atoms with Crippen molar-refractivity contribution in [2.24, 2.45) is 5.73 Å². The lowest BCUT2D eigenvalue weighted by Crippen LogP contribution is -2.34. The standard InChI is InChI=1S/C12H21N5O2/c1-4-17(7-9(13)18)12-6-10(14-3)15-11(16-12)8-19-5-2/h6H,4-5,7-8H2,1-3H3,(H2,13,18)(H,14,15,16). The van der Waals surface area contributed by atoms with Crippen molar-refractivity contribution in [3.63, 3.8) is 0 Å². The minimum atomic E-state index is -0.391. The Morgan fingerprint density at radius 3 is 2.74 bits per heavy atom. The Bertz CT molecular complexity index is 425. The zero-order valence-electron chi connectivity index (χ0n) is 11.6. The van der Waals surface area contributed by atoms with E-state index in [1.807, 2.05) is 13.8 Å². The number of nitrogens with one attached hydrogen (secondary N) is 1. The largest absolute Gasteiger partial charge is 0.374 e. The third-order valence-corrected chi connectivity index (χ3v) is 2.50. The van der Waals surface area contributed by atoms with E-state index in [4.69, 9.17) is 10.5 Å². The molecule has 1 rings (SSSR count). The second-order valence-corrected chi connectivity index (χ2v) is 3.90. The molecule has 0 unspecified atom stereocenters. The van der Waals surface area contributed by atoms with Crippen LogP contribution in [0.5, 0.6) is 0 Å². The van der Waals surface area contributed by atoms with E-state index in [0.29, 0.717) is 37.2 Å². The van der Waals surface area contributed by atoms with Crippen LogP contribution in [0.15, 0.2) is 6.07 Å². The molecule has 3 N–H and O–H groups in total. The maximum absolute atomic E-state index is 11.1. The lowest BCUT2D eigenvalue weighted by atomic mass is 10.4. The Kier molecular flexibility index (Phi) is 6.01. The number of anilines is 2. The molecule has 0 saturated heterocycles. The SMILES string of the molecule is CCOCc1nc(NC)cc(N(CC)CC(N)=O)n1. The summed E-state index contributed by atoms with van der Waals surface area (Å²) in [6.07, 6.45) is 0. The highest BCUT2D eigenvalue weighted by atomic mass is 16.5. The highest BCUT2D eigenvalue weighted by Gasteiger charge is 2.12. The van der Waals surface area contributed by atoms with Gasteiger partial charge in [-0.3, -0.25) is 4.79 Å². The van der Waals surface area contributed by atoms with Crippen molar-refractivity contribution < 1.29 is 9.53 Å². The van der Waals surface area contributed by atoms with Crippen molar-refractivity contribution in [2.45, 2.75) is 20.5 Å². The maximum atomic E-state index is 11.1. The normalized spacial score (nSPS) is 10.3. The molecule has 0 bridgehead atoms. The van der Waals surface area contributed by atoms with E-state index in [9.17, 15) is 4.79 Å². The summed E-state index contributed by atoms with van der Waals surface area (Å²) in [5.41, 5.74) is 5.23. The first-order chi connectivity index (χ1) is 9.10. The van der Waals surface area contributed by atoms with Crippen molar-refractivity contribution in [2.75, 3.05) is 37.0 Å². The van der Waals surface area contributed by atoms with Crippen LogP contribution in [0.2, 0.25) is 0 Å². The number of rotatable bonds is 8. The number of carbonyl (C=O) groups is 1. The van der Waals surface area contributed by atoms with Gasteiger partial charge in [-0.2, -0.15) is 0 Å². The number of primary amides is 1. The van der Waals surface area contributed by atoms with E-state index in [2.05, 4.69) is 15.3 Å². The maximum Gasteiger partial charge on any atom is 0.236 e. The highest BCUT2D eigenvalue weighted by Crippen LogP contribution is 2.16. The first-order valence-corrected chi connectivity index (χ1v) is 6.27. The van der Waals surface area contributed by atoms with Gasteiger partial charge in [-0.15, -0.1) is 0 Å². The molecular weight excluding hydrogens is 246 g/mol. The minimum Gasteiger partial charge on any atom is -0.374 e. The number of hydrogen-bond donors (Lipinski definition) is 2. The molecule has 106 valence electrons. The van der Waals surface area contributed by atoms with Gasteiger partial charge in [0.05, 0.1) is 6.54 Å². The molecule has 0 spiro atoms. The summed E-state index contributed by atoms with van der Waals surface area (Å²) in [5, 5.41) is 2.97. The Balaban J connectivity index is 2.99. The van der Waals surface area contributed by atoms with Crippen LogP contribution in [-0.2, 0) is 16.1 Å². The van der Waals surface area contributed by atoms with Crippen LogP contribution >= 0.6 is 0 Å². The summed E-state index contributed by atoms with van der Waals surface area (Å²) in [6, 6.07) is 1.78. The summed E-state index contributed by atoms with van der Waals surface area (Å²) >= 11 is 0. The zero-order valence-corrected chi connectivity index (χ0v) is 11.6. The smallest absolute Gasteiger partial charge is 0.236 e. The number of carbonyl (C=O) groups excluding carboxylic acids is 1. The minimum absolute atomic E-state index is 0.130. The molecule has 0 aliphatic carbocycles. The molecule has 0 radical (unpaired) electrons. The van der Waals surface area contributed by atoms with E-state index in [1.165, 1.54) is 0 Å². The molecule has 0 saturated carbocycles. The second kappa shape index (κ2) is 7.52. The van der Waals surface area contributed by atoms with Crippen molar-refractivity contribution in [1.29, 1.82) is 0 Å². The van der Waals surface area contributed by atoms with E-state index in [0.717, 1.165) is 0 Å². The van der Waals surface area contributed by atoms with Crippen LogP contribution in [0.3, 0.4) is 0 Å². The van der Waals surface area contributed by atoms with E-state index >= 15 is 0 Å². The molecule has 0 fully saturated rings. The first kappa shape index (κ1) is 15.2. The third kappa shape index (κ3) is 4.70. The molecule has 1 aromatic rings. The lowest BCUT2D eigenvalue weighted by Gasteiger charge is -2.21. The number of nitrogens with two attached hydrogens (primary N) is 1. The predicted molar refractivity (Wildman–Crippen MR) is 74.0 cm³/mol. The van der Waals surface area contributed by atoms with Crippen LogP contribution in [0.4, 0.5) is 11.6 Å². The Labute approximate surface area is 113 Å². The van der Waals surface area contributed by atoms with E-state index in [-0.39, 0.29) is 6.54 Å². The van der Waals surface area contributed by atoms with Crippen molar-refractivity contribution in [3.8, 4) is 0 Å². The average molecular weight is 267 g/mol. The molecular formula is C12H21N5O2. The Morgan fingerprint density at radius 1 is 1.47 bits per heavy atom. The summed E-state index contributed by atoms with van der Waals surface area (Å²) < 4.78 is 5.31. The highest BCUT2D eigenvalue weighted by molar-refractivity contribution is 5.79. The number of likely N-dealkylation sites (N-methyl/N-ethyl adjacent to an activating group) is 1. The van der Waals surface area contributed by atoms with Crippen LogP contribution in [0, 0.1) is 0 Å². The first-order valence-electron chi connectivity index (χ1n) is 6.27. The van der Waals surface area contributed by atoms with Gasteiger partial charge in [0, 0.05) is 26.3 Å². The Hall–Kier alpha value is -1.89. The van der Waals surface area contributed by atoms with Crippen molar-refractivity contribution >= 4 is 17.5 Å². The van der Waals surface area contributed by atoms with Gasteiger partial charge < -0.3 is 20.7 Å². The fraction of sp³-hybridized carbons (Fsp3) is 0.583. The molecule has 0 aliphatic rings. The molecule has 1 heterocycles.